The van der Waals surface area contributed by atoms with Gasteiger partial charge in [0.1, 0.15) is 0 Å². The normalized spacial score (nSPS) is 15.1. The summed E-state index contributed by atoms with van der Waals surface area (Å²) in [6.07, 6.45) is -1.20. The number of hydrogen-bond acceptors (Lipinski definition) is 6. The van der Waals surface area contributed by atoms with Crippen LogP contribution in [-0.2, 0) is 4.74 Å². The number of halogens is 3. The molecule has 0 atom stereocenters. The Hall–Kier alpha value is -1.96. The fourth-order valence-corrected chi connectivity index (χ4v) is 4.24. The van der Waals surface area contributed by atoms with E-state index in [1.165, 1.54) is 12.3 Å². The number of anilines is 1. The molecule has 0 aromatic carbocycles. The summed E-state index contributed by atoms with van der Waals surface area (Å²) in [5.41, 5.74) is 2.28. The zero-order valence-corrected chi connectivity index (χ0v) is 19.2. The zero-order chi connectivity index (χ0) is 19.7. The van der Waals surface area contributed by atoms with Gasteiger partial charge < -0.3 is 0 Å². The Morgan fingerprint density at radius 3 is 2.71 bits per heavy atom. The molecule has 3 aromatic heterocycles. The molecule has 3 aromatic rings. The molecule has 7 nitrogen and oxygen atoms in total. The van der Waals surface area contributed by atoms with Crippen molar-refractivity contribution in [3.63, 3.8) is 0 Å². The SMILES string of the molecule is FC(F)(F)COc1cc2c(-c3ccnc(N4CCOCC4)c3)n[n]([Tl])c2cn1. The van der Waals surface area contributed by atoms with Crippen LogP contribution in [0.4, 0.5) is 19.0 Å². The number of hydrogen-bond donors (Lipinski definition) is 0. The van der Waals surface area contributed by atoms with Gasteiger partial charge in [0.15, 0.2) is 0 Å². The van der Waals surface area contributed by atoms with E-state index >= 15 is 0 Å². The average molecular weight is 583 g/mol. The Kier molecular flexibility index (Phi) is 5.40. The van der Waals surface area contributed by atoms with E-state index in [4.69, 9.17) is 9.47 Å². The molecule has 4 rings (SSSR count). The number of nitrogens with zero attached hydrogens (tertiary/aromatic N) is 5. The molecule has 0 amide bonds. The molecule has 0 aliphatic carbocycles. The minimum absolute atomic E-state index is 0.0773. The average Bonchev–Trinajstić information content (AvgIpc) is 3.03. The second kappa shape index (κ2) is 7.81. The molecule has 0 unspecified atom stereocenters. The first-order valence-corrected chi connectivity index (χ1v) is 10.5. The number of alkyl halides is 3. The topological polar surface area (TPSA) is 65.3 Å². The second-order valence-corrected chi connectivity index (χ2v) is 8.14. The molecule has 0 bridgehead atoms. The second-order valence-electron chi connectivity index (χ2n) is 6.24. The van der Waals surface area contributed by atoms with Gasteiger partial charge >= 0.3 is 175 Å². The number of pyridine rings is 2. The predicted molar refractivity (Wildman–Crippen MR) is 96.5 cm³/mol. The van der Waals surface area contributed by atoms with Gasteiger partial charge in [0.25, 0.3) is 0 Å². The van der Waals surface area contributed by atoms with Gasteiger partial charge in [-0.05, 0) is 0 Å². The van der Waals surface area contributed by atoms with Crippen LogP contribution in [0.3, 0.4) is 0 Å². The summed E-state index contributed by atoms with van der Waals surface area (Å²) in [5.74, 6) is 0.744. The van der Waals surface area contributed by atoms with Gasteiger partial charge in [0.05, 0.1) is 0 Å². The third-order valence-electron chi connectivity index (χ3n) is 4.31. The number of morpholine rings is 1. The van der Waals surface area contributed by atoms with Crippen molar-refractivity contribution in [3.8, 4) is 17.1 Å². The predicted octanol–water partition coefficient (Wildman–Crippen LogP) is 2.20. The molecule has 1 aliphatic rings. The number of aromatic nitrogens is 4. The van der Waals surface area contributed by atoms with Crippen molar-refractivity contribution in [2.45, 2.75) is 6.18 Å². The number of ether oxygens (including phenoxy) is 2. The van der Waals surface area contributed by atoms with E-state index in [2.05, 4.69) is 20.0 Å². The number of rotatable bonds is 4. The summed E-state index contributed by atoms with van der Waals surface area (Å²) in [5, 5.41) is 5.30. The van der Waals surface area contributed by atoms with Gasteiger partial charge in [-0.2, -0.15) is 0 Å². The van der Waals surface area contributed by atoms with Crippen molar-refractivity contribution >= 4 is 42.8 Å². The Morgan fingerprint density at radius 1 is 1.18 bits per heavy atom. The molecule has 0 radical (unpaired) electrons. The summed E-state index contributed by atoms with van der Waals surface area (Å²) in [6.45, 7) is 1.43. The zero-order valence-electron chi connectivity index (χ0n) is 14.7. The maximum absolute atomic E-state index is 12.4. The molecule has 1 fully saturated rings. The van der Waals surface area contributed by atoms with Gasteiger partial charge in [0.2, 0.25) is 0 Å². The fourth-order valence-electron chi connectivity index (χ4n) is 3.00. The third kappa shape index (κ3) is 4.21. The fraction of sp³-hybridized carbons (Fsp3) is 0.353. The maximum atomic E-state index is 12.4. The molecule has 11 heteroatoms. The van der Waals surface area contributed by atoms with Crippen LogP contribution in [0, 0.1) is 0 Å². The van der Waals surface area contributed by atoms with Crippen molar-refractivity contribution in [2.24, 2.45) is 0 Å². The van der Waals surface area contributed by atoms with Gasteiger partial charge in [-0.25, -0.2) is 0 Å². The first-order chi connectivity index (χ1) is 13.4. The van der Waals surface area contributed by atoms with Crippen LogP contribution >= 0.6 is 0 Å². The molecular formula is C17H15F3N5O2Tl. The Bertz CT molecular complexity index is 989. The van der Waals surface area contributed by atoms with Gasteiger partial charge in [-0.1, -0.05) is 0 Å². The van der Waals surface area contributed by atoms with Crippen LogP contribution in [0.15, 0.2) is 30.6 Å². The van der Waals surface area contributed by atoms with Gasteiger partial charge in [-0.15, -0.1) is 0 Å². The van der Waals surface area contributed by atoms with E-state index in [-0.39, 0.29) is 5.88 Å². The Balaban J connectivity index is 1.70. The van der Waals surface area contributed by atoms with Crippen molar-refractivity contribution in [3.05, 3.63) is 30.6 Å². The van der Waals surface area contributed by atoms with Gasteiger partial charge in [-0.3, -0.25) is 0 Å². The molecule has 1 saturated heterocycles. The van der Waals surface area contributed by atoms with E-state index in [1.807, 2.05) is 12.1 Å². The first kappa shape index (κ1) is 19.4. The van der Waals surface area contributed by atoms with E-state index in [0.29, 0.717) is 50.4 Å². The monoisotopic (exact) mass is 583 g/mol. The van der Waals surface area contributed by atoms with Gasteiger partial charge in [0, 0.05) is 0 Å². The molecule has 28 heavy (non-hydrogen) atoms. The van der Waals surface area contributed by atoms with Crippen LogP contribution in [0.2, 0.25) is 0 Å². The van der Waals surface area contributed by atoms with Crippen LogP contribution in [0.25, 0.3) is 22.2 Å². The van der Waals surface area contributed by atoms with Crippen molar-refractivity contribution < 1.29 is 22.6 Å². The van der Waals surface area contributed by atoms with Crippen molar-refractivity contribution in [1.29, 1.82) is 0 Å². The summed E-state index contributed by atoms with van der Waals surface area (Å²) in [7, 11) is 0. The van der Waals surface area contributed by atoms with Crippen molar-refractivity contribution in [2.75, 3.05) is 37.8 Å². The van der Waals surface area contributed by atoms with Crippen LogP contribution in [0.5, 0.6) is 5.88 Å². The standard InChI is InChI=1S/C17H15F3N5O2.Tl/c18-17(19,20)10-27-15-8-12-13(9-22-15)23-24-16(12)11-1-2-21-14(7-11)25-3-5-26-6-4-25;/h1-2,7-9H,3-6,10H2;/q-1;+1. The molecular weight excluding hydrogens is 568 g/mol. The van der Waals surface area contributed by atoms with E-state index in [9.17, 15) is 13.2 Å². The summed E-state index contributed by atoms with van der Waals surface area (Å²) in [6, 6.07) is 5.29. The summed E-state index contributed by atoms with van der Waals surface area (Å²) in [4.78, 5) is 10.5. The molecule has 1 aliphatic heterocycles. The molecule has 144 valence electrons. The molecule has 0 spiro atoms. The van der Waals surface area contributed by atoms with Crippen LogP contribution < -0.4 is 9.64 Å². The molecule has 4 heterocycles. The van der Waals surface area contributed by atoms with E-state index in [0.717, 1.165) is 30.0 Å². The summed E-state index contributed by atoms with van der Waals surface area (Å²) >= 11 is 0.380. The van der Waals surface area contributed by atoms with Crippen LogP contribution in [-0.4, -0.2) is 82.7 Å². The minimum atomic E-state index is -4.42. The third-order valence-corrected chi connectivity index (χ3v) is 5.84. The molecule has 0 N–H and O–H groups in total. The first-order valence-electron chi connectivity index (χ1n) is 8.53. The Morgan fingerprint density at radius 2 is 1.96 bits per heavy atom. The van der Waals surface area contributed by atoms with Crippen molar-refractivity contribution in [1.82, 2.24) is 17.6 Å². The summed E-state index contributed by atoms with van der Waals surface area (Å²) < 4.78 is 49.3. The Labute approximate surface area is 174 Å². The quantitative estimate of drug-likeness (QED) is 0.440. The van der Waals surface area contributed by atoms with E-state index in [1.54, 1.807) is 8.69 Å². The van der Waals surface area contributed by atoms with E-state index < -0.39 is 12.8 Å². The molecule has 0 saturated carbocycles. The van der Waals surface area contributed by atoms with Crippen LogP contribution in [0.1, 0.15) is 0 Å². The number of fused-ring (bicyclic) bond motifs is 1.